The maximum atomic E-state index is 12.2. The zero-order valence-electron chi connectivity index (χ0n) is 36.8. The number of benzene rings is 2. The van der Waals surface area contributed by atoms with Gasteiger partial charge in [-0.15, -0.1) is 0 Å². The van der Waals surface area contributed by atoms with Gasteiger partial charge in [0.1, 0.15) is 11.5 Å². The average Bonchev–Trinajstić information content (AvgIpc) is 2.79. The summed E-state index contributed by atoms with van der Waals surface area (Å²) in [5.41, 5.74) is 6.60. The predicted molar refractivity (Wildman–Crippen MR) is 221 cm³/mol. The number of hydrogen-bond donors (Lipinski definition) is 1. The molecular weight excluding hydrogens is 631 g/mol. The summed E-state index contributed by atoms with van der Waals surface area (Å²) >= 11 is 0. The molecule has 0 aliphatic heterocycles. The molecule has 0 aromatic heterocycles. The quantitative estimate of drug-likeness (QED) is 0.223. The van der Waals surface area contributed by atoms with Gasteiger partial charge in [-0.25, -0.2) is 0 Å². The minimum Gasteiger partial charge on any atom is -0.417 e. The standard InChI is InChI=1S/C46H79O3P/c1-31-23-33(43(15,16)27-39(3,4)5)37(34(24-31)44(17,18)28-40(6,7)8)48-50(47)49-38-35(45(19,20)29-41(9,10)11)25-32(2)26-36(38)46(21,22)30-42(12,13)14/h23-26,47H,27-30H2,1-22H3. The van der Waals surface area contributed by atoms with Crippen molar-refractivity contribution in [1.82, 2.24) is 0 Å². The normalized spacial score (nSPS) is 14.4. The van der Waals surface area contributed by atoms with Gasteiger partial charge in [-0.05, 0) is 82.9 Å². The van der Waals surface area contributed by atoms with Crippen LogP contribution in [0.3, 0.4) is 0 Å². The lowest BCUT2D eigenvalue weighted by molar-refractivity contribution is 0.266. The lowest BCUT2D eigenvalue weighted by Gasteiger charge is -2.40. The van der Waals surface area contributed by atoms with Crippen LogP contribution < -0.4 is 9.05 Å². The van der Waals surface area contributed by atoms with Gasteiger partial charge in [-0.2, -0.15) is 0 Å². The molecule has 0 saturated heterocycles. The van der Waals surface area contributed by atoms with Crippen LogP contribution in [0.2, 0.25) is 0 Å². The van der Waals surface area contributed by atoms with Gasteiger partial charge in [0, 0.05) is 22.3 Å². The van der Waals surface area contributed by atoms with Gasteiger partial charge in [-0.1, -0.05) is 174 Å². The highest BCUT2D eigenvalue weighted by molar-refractivity contribution is 7.41. The molecule has 50 heavy (non-hydrogen) atoms. The fraction of sp³-hybridized carbons (Fsp3) is 0.739. The molecule has 0 spiro atoms. The topological polar surface area (TPSA) is 38.7 Å². The van der Waals surface area contributed by atoms with Gasteiger partial charge in [0.05, 0.1) is 0 Å². The molecule has 0 aliphatic carbocycles. The van der Waals surface area contributed by atoms with Crippen molar-refractivity contribution < 1.29 is 13.9 Å². The molecule has 0 atom stereocenters. The van der Waals surface area contributed by atoms with Crippen LogP contribution in [-0.4, -0.2) is 4.89 Å². The van der Waals surface area contributed by atoms with Crippen molar-refractivity contribution in [1.29, 1.82) is 0 Å². The zero-order valence-corrected chi connectivity index (χ0v) is 37.7. The summed E-state index contributed by atoms with van der Waals surface area (Å²) in [6.07, 6.45) is 3.88. The van der Waals surface area contributed by atoms with E-state index in [0.29, 0.717) is 0 Å². The summed E-state index contributed by atoms with van der Waals surface area (Å²) in [7, 11) is -2.34. The summed E-state index contributed by atoms with van der Waals surface area (Å²) in [6.45, 7) is 50.6. The summed E-state index contributed by atoms with van der Waals surface area (Å²) in [5, 5.41) is 0. The summed E-state index contributed by atoms with van der Waals surface area (Å²) < 4.78 is 13.8. The second kappa shape index (κ2) is 14.7. The number of aryl methyl sites for hydroxylation is 2. The van der Waals surface area contributed by atoms with Crippen LogP contribution in [0.15, 0.2) is 24.3 Å². The SMILES string of the molecule is Cc1cc(C(C)(C)CC(C)(C)C)c(OP(O)Oc2c(C(C)(C)CC(C)(C)C)cc(C)cc2C(C)(C)CC(C)(C)C)c(C(C)(C)CC(C)(C)C)c1. The van der Waals surface area contributed by atoms with Crippen molar-refractivity contribution in [3.05, 3.63) is 57.6 Å². The fourth-order valence-electron chi connectivity index (χ4n) is 9.61. The van der Waals surface area contributed by atoms with Crippen molar-refractivity contribution in [2.75, 3.05) is 0 Å². The highest BCUT2D eigenvalue weighted by Gasteiger charge is 2.40. The molecule has 2 aromatic rings. The Bertz CT molecular complexity index is 1250. The summed E-state index contributed by atoms with van der Waals surface area (Å²) in [6, 6.07) is 9.12. The molecule has 0 bridgehead atoms. The first-order chi connectivity index (χ1) is 21.9. The van der Waals surface area contributed by atoms with Crippen LogP contribution in [0.4, 0.5) is 0 Å². The lowest BCUT2D eigenvalue weighted by Crippen LogP contribution is -2.30. The van der Waals surface area contributed by atoms with Crippen molar-refractivity contribution in [3.63, 3.8) is 0 Å². The molecule has 286 valence electrons. The molecule has 0 saturated carbocycles. The Kier molecular flexibility index (Phi) is 13.1. The molecule has 0 radical (unpaired) electrons. The van der Waals surface area contributed by atoms with E-state index in [1.807, 2.05) is 0 Å². The molecule has 0 heterocycles. The Morgan fingerprint density at radius 1 is 0.400 bits per heavy atom. The van der Waals surface area contributed by atoms with Crippen LogP contribution in [0.5, 0.6) is 11.5 Å². The molecule has 4 heteroatoms. The first-order valence-electron chi connectivity index (χ1n) is 19.1. The zero-order chi connectivity index (χ0) is 39.3. The molecule has 2 rings (SSSR count). The lowest BCUT2D eigenvalue weighted by atomic mass is 9.68. The van der Waals surface area contributed by atoms with E-state index in [1.54, 1.807) is 0 Å². The number of hydrogen-bond acceptors (Lipinski definition) is 3. The van der Waals surface area contributed by atoms with Gasteiger partial charge < -0.3 is 13.9 Å². The van der Waals surface area contributed by atoms with Gasteiger partial charge >= 0.3 is 8.60 Å². The maximum absolute atomic E-state index is 12.2. The van der Waals surface area contributed by atoms with E-state index in [-0.39, 0.29) is 43.3 Å². The maximum Gasteiger partial charge on any atom is 0.460 e. The Morgan fingerprint density at radius 2 is 0.580 bits per heavy atom. The smallest absolute Gasteiger partial charge is 0.417 e. The van der Waals surface area contributed by atoms with E-state index in [4.69, 9.17) is 9.05 Å². The van der Waals surface area contributed by atoms with Crippen LogP contribution in [-0.2, 0) is 21.7 Å². The highest BCUT2D eigenvalue weighted by atomic mass is 31.2. The minimum atomic E-state index is -2.34. The monoisotopic (exact) mass is 711 g/mol. The van der Waals surface area contributed by atoms with Crippen molar-refractivity contribution in [2.24, 2.45) is 21.7 Å². The Morgan fingerprint density at radius 3 is 0.740 bits per heavy atom. The molecule has 2 aromatic carbocycles. The molecule has 0 fully saturated rings. The summed E-state index contributed by atoms with van der Waals surface area (Å²) in [4.78, 5) is 12.2. The molecule has 0 amide bonds. The Hall–Kier alpha value is -1.57. The molecule has 1 N–H and O–H groups in total. The van der Waals surface area contributed by atoms with Crippen molar-refractivity contribution in [2.45, 2.75) is 200 Å². The highest BCUT2D eigenvalue weighted by Crippen LogP contribution is 2.54. The molecule has 3 nitrogen and oxygen atoms in total. The predicted octanol–water partition coefficient (Wildman–Crippen LogP) is 14.8. The first kappa shape index (κ1) is 44.6. The fourth-order valence-corrected chi connectivity index (χ4v) is 10.4. The van der Waals surface area contributed by atoms with Crippen LogP contribution in [0.1, 0.15) is 198 Å². The third-order valence-corrected chi connectivity index (χ3v) is 10.3. The van der Waals surface area contributed by atoms with Gasteiger partial charge in [0.15, 0.2) is 0 Å². The Balaban J connectivity index is 2.94. The van der Waals surface area contributed by atoms with Gasteiger partial charge in [0.2, 0.25) is 0 Å². The van der Waals surface area contributed by atoms with Crippen LogP contribution >= 0.6 is 8.60 Å². The molecular formula is C46H79O3P. The molecule has 0 aliphatic rings. The first-order valence-corrected chi connectivity index (χ1v) is 20.2. The second-order valence-corrected chi connectivity index (χ2v) is 24.1. The van der Waals surface area contributed by atoms with Crippen LogP contribution in [0.25, 0.3) is 0 Å². The van der Waals surface area contributed by atoms with Gasteiger partial charge in [0.25, 0.3) is 0 Å². The minimum absolute atomic E-state index is 0.106. The third kappa shape index (κ3) is 12.8. The Labute approximate surface area is 312 Å². The largest absolute Gasteiger partial charge is 0.460 e. The van der Waals surface area contributed by atoms with Crippen molar-refractivity contribution in [3.8, 4) is 11.5 Å². The molecule has 0 unspecified atom stereocenters. The second-order valence-electron chi connectivity index (χ2n) is 23.3. The van der Waals surface area contributed by atoms with Gasteiger partial charge in [-0.3, -0.25) is 0 Å². The summed E-state index contributed by atoms with van der Waals surface area (Å²) in [5.74, 6) is 1.57. The third-order valence-electron chi connectivity index (χ3n) is 9.61. The number of rotatable bonds is 12. The van der Waals surface area contributed by atoms with E-state index in [2.05, 4.69) is 177 Å². The van der Waals surface area contributed by atoms with E-state index >= 15 is 0 Å². The van der Waals surface area contributed by atoms with Crippen LogP contribution in [0, 0.1) is 35.5 Å². The van der Waals surface area contributed by atoms with E-state index in [0.717, 1.165) is 59.4 Å². The van der Waals surface area contributed by atoms with E-state index < -0.39 is 8.60 Å². The van der Waals surface area contributed by atoms with E-state index in [1.165, 1.54) is 11.1 Å². The van der Waals surface area contributed by atoms with E-state index in [9.17, 15) is 4.89 Å². The van der Waals surface area contributed by atoms with Crippen molar-refractivity contribution >= 4 is 8.60 Å². The average molecular weight is 711 g/mol.